The summed E-state index contributed by atoms with van der Waals surface area (Å²) in [6, 6.07) is 4.45. The Morgan fingerprint density at radius 3 is 2.82 bits per heavy atom. The van der Waals surface area contributed by atoms with Gasteiger partial charge in [0.05, 0.1) is 30.5 Å². The third kappa shape index (κ3) is 3.93. The molecule has 2 N–H and O–H groups in total. The molecule has 3 heterocycles. The Kier molecular flexibility index (Phi) is 5.29. The highest BCUT2D eigenvalue weighted by atomic mass is 19.1. The van der Waals surface area contributed by atoms with Gasteiger partial charge in [-0.15, -0.1) is 0 Å². The van der Waals surface area contributed by atoms with Crippen LogP contribution >= 0.6 is 0 Å². The maximum Gasteiger partial charge on any atom is 0.334 e. The van der Waals surface area contributed by atoms with Crippen LogP contribution in [0, 0.1) is 5.82 Å². The number of halogens is 1. The molecule has 0 radical (unpaired) electrons. The quantitative estimate of drug-likeness (QED) is 0.482. The average Bonchev–Trinajstić information content (AvgIpc) is 3.53. The van der Waals surface area contributed by atoms with E-state index in [2.05, 4.69) is 15.4 Å². The molecule has 1 aliphatic rings. The van der Waals surface area contributed by atoms with Crippen LogP contribution in [0.15, 0.2) is 54.0 Å². The van der Waals surface area contributed by atoms with Gasteiger partial charge in [0, 0.05) is 43.0 Å². The minimum atomic E-state index is -0.594. The standard InChI is InChI=1S/C23H23FN6O3/c1-28-11-16(10-26-28)14-5-6-15(18(24)9-14)12-29-13-17(21-25-7-8-30(21)23(29)33)22(32)27-19-3-2-4-20(19)31/h5-11,13,19-20,31H,2-4,12H2,1H3,(H,27,32)/t19-,20-/m0/s1. The number of amides is 1. The molecule has 10 heteroatoms. The third-order valence-electron chi connectivity index (χ3n) is 6.09. The molecule has 0 aliphatic heterocycles. The average molecular weight is 450 g/mol. The van der Waals surface area contributed by atoms with Crippen molar-refractivity contribution < 1.29 is 14.3 Å². The molecule has 5 rings (SSSR count). The van der Waals surface area contributed by atoms with Crippen molar-refractivity contribution in [3.8, 4) is 11.1 Å². The lowest BCUT2D eigenvalue weighted by molar-refractivity contribution is 0.0873. The molecule has 1 saturated carbocycles. The smallest absolute Gasteiger partial charge is 0.334 e. The molecular weight excluding hydrogens is 427 g/mol. The number of rotatable bonds is 5. The fourth-order valence-electron chi connectivity index (χ4n) is 4.30. The van der Waals surface area contributed by atoms with Gasteiger partial charge in [0.1, 0.15) is 5.82 Å². The van der Waals surface area contributed by atoms with Crippen molar-refractivity contribution in [1.29, 1.82) is 0 Å². The van der Waals surface area contributed by atoms with Gasteiger partial charge < -0.3 is 10.4 Å². The van der Waals surface area contributed by atoms with E-state index in [0.717, 1.165) is 12.0 Å². The van der Waals surface area contributed by atoms with Crippen LogP contribution in [-0.4, -0.2) is 46.9 Å². The number of nitrogens with one attached hydrogen (secondary N) is 1. The molecule has 1 aromatic carbocycles. The molecule has 1 aliphatic carbocycles. The van der Waals surface area contributed by atoms with Gasteiger partial charge in [0.25, 0.3) is 5.91 Å². The lowest BCUT2D eigenvalue weighted by atomic mass is 10.1. The molecule has 0 spiro atoms. The molecule has 3 aromatic heterocycles. The van der Waals surface area contributed by atoms with Crippen molar-refractivity contribution in [3.63, 3.8) is 0 Å². The second-order valence-electron chi connectivity index (χ2n) is 8.36. The number of aryl methyl sites for hydroxylation is 1. The topological polar surface area (TPSA) is 106 Å². The van der Waals surface area contributed by atoms with Crippen molar-refractivity contribution in [1.82, 2.24) is 29.0 Å². The van der Waals surface area contributed by atoms with Gasteiger partial charge in [0.15, 0.2) is 5.65 Å². The Bertz CT molecular complexity index is 1400. The first-order chi connectivity index (χ1) is 15.9. The van der Waals surface area contributed by atoms with Crippen LogP contribution in [0.4, 0.5) is 4.39 Å². The maximum atomic E-state index is 14.9. The van der Waals surface area contributed by atoms with E-state index in [4.69, 9.17) is 0 Å². The summed E-state index contributed by atoms with van der Waals surface area (Å²) in [4.78, 5) is 30.1. The first kappa shape index (κ1) is 21.1. The summed E-state index contributed by atoms with van der Waals surface area (Å²) in [5.74, 6) is -0.896. The SMILES string of the molecule is Cn1cc(-c2ccc(Cn3cc(C(=O)N[C@H]4CCC[C@@H]4O)c4nccn4c3=O)c(F)c2)cn1. The molecule has 1 fully saturated rings. The van der Waals surface area contributed by atoms with Crippen LogP contribution < -0.4 is 11.0 Å². The van der Waals surface area contributed by atoms with E-state index in [9.17, 15) is 19.1 Å². The highest BCUT2D eigenvalue weighted by Crippen LogP contribution is 2.22. The number of fused-ring (bicyclic) bond motifs is 1. The number of imidazole rings is 1. The Labute approximate surface area is 188 Å². The van der Waals surface area contributed by atoms with Crippen molar-refractivity contribution in [3.05, 3.63) is 76.6 Å². The van der Waals surface area contributed by atoms with E-state index in [1.165, 1.54) is 33.6 Å². The molecule has 0 bridgehead atoms. The van der Waals surface area contributed by atoms with E-state index in [-0.39, 0.29) is 23.8 Å². The molecule has 9 nitrogen and oxygen atoms in total. The summed E-state index contributed by atoms with van der Waals surface area (Å²) < 4.78 is 19.1. The zero-order valence-electron chi connectivity index (χ0n) is 18.0. The predicted molar refractivity (Wildman–Crippen MR) is 118 cm³/mol. The molecule has 170 valence electrons. The highest BCUT2D eigenvalue weighted by molar-refractivity contribution is 5.99. The van der Waals surface area contributed by atoms with Gasteiger partial charge in [-0.2, -0.15) is 5.10 Å². The Morgan fingerprint density at radius 2 is 2.12 bits per heavy atom. The van der Waals surface area contributed by atoms with Crippen LogP contribution in [0.25, 0.3) is 16.8 Å². The van der Waals surface area contributed by atoms with Crippen LogP contribution in [0.2, 0.25) is 0 Å². The van der Waals surface area contributed by atoms with Gasteiger partial charge in [-0.1, -0.05) is 12.1 Å². The second-order valence-corrected chi connectivity index (χ2v) is 8.36. The van der Waals surface area contributed by atoms with E-state index in [1.54, 1.807) is 36.3 Å². The number of carbonyl (C=O) groups excluding carboxylic acids is 1. The third-order valence-corrected chi connectivity index (χ3v) is 6.09. The van der Waals surface area contributed by atoms with Crippen LogP contribution in [0.5, 0.6) is 0 Å². The zero-order valence-corrected chi connectivity index (χ0v) is 18.0. The summed E-state index contributed by atoms with van der Waals surface area (Å²) in [6.07, 6.45) is 9.31. The summed E-state index contributed by atoms with van der Waals surface area (Å²) in [6.45, 7) is -0.0571. The number of hydrogen-bond acceptors (Lipinski definition) is 5. The van der Waals surface area contributed by atoms with Gasteiger partial charge >= 0.3 is 5.69 Å². The maximum absolute atomic E-state index is 14.9. The van der Waals surface area contributed by atoms with E-state index >= 15 is 0 Å². The lowest BCUT2D eigenvalue weighted by Crippen LogP contribution is -2.41. The summed E-state index contributed by atoms with van der Waals surface area (Å²) in [7, 11) is 1.79. The van der Waals surface area contributed by atoms with E-state index < -0.39 is 23.5 Å². The minimum absolute atomic E-state index is 0.0571. The zero-order chi connectivity index (χ0) is 23.1. The number of nitrogens with zero attached hydrogens (tertiary/aromatic N) is 5. The lowest BCUT2D eigenvalue weighted by Gasteiger charge is -2.17. The summed E-state index contributed by atoms with van der Waals surface area (Å²) in [5, 5.41) is 17.0. The fraction of sp³-hybridized carbons (Fsp3) is 0.304. The predicted octanol–water partition coefficient (Wildman–Crippen LogP) is 1.73. The summed E-state index contributed by atoms with van der Waals surface area (Å²) >= 11 is 0. The highest BCUT2D eigenvalue weighted by Gasteiger charge is 2.28. The van der Waals surface area contributed by atoms with Gasteiger partial charge in [-0.25, -0.2) is 14.2 Å². The van der Waals surface area contributed by atoms with Crippen LogP contribution in [0.3, 0.4) is 0 Å². The number of benzene rings is 1. The van der Waals surface area contributed by atoms with E-state index in [0.29, 0.717) is 24.0 Å². The normalized spacial score (nSPS) is 18.2. The van der Waals surface area contributed by atoms with Gasteiger partial charge in [-0.05, 0) is 30.9 Å². The van der Waals surface area contributed by atoms with Crippen LogP contribution in [0.1, 0.15) is 35.2 Å². The summed E-state index contributed by atoms with van der Waals surface area (Å²) in [5.41, 5.74) is 1.74. The second kappa shape index (κ2) is 8.28. The molecule has 33 heavy (non-hydrogen) atoms. The number of aromatic nitrogens is 5. The first-order valence-electron chi connectivity index (χ1n) is 10.7. The fourth-order valence-corrected chi connectivity index (χ4v) is 4.30. The first-order valence-corrected chi connectivity index (χ1v) is 10.7. The molecule has 0 saturated heterocycles. The van der Waals surface area contributed by atoms with Crippen molar-refractivity contribution in [2.75, 3.05) is 0 Å². The monoisotopic (exact) mass is 450 g/mol. The minimum Gasteiger partial charge on any atom is -0.391 e. The van der Waals surface area contributed by atoms with Crippen molar-refractivity contribution in [2.45, 2.75) is 38.0 Å². The number of aliphatic hydroxyl groups excluding tert-OH is 1. The van der Waals surface area contributed by atoms with Crippen LogP contribution in [-0.2, 0) is 13.6 Å². The molecule has 0 unspecified atom stereocenters. The number of carbonyl (C=O) groups is 1. The molecular formula is C23H23FN6O3. The Balaban J connectivity index is 1.48. The largest absolute Gasteiger partial charge is 0.391 e. The number of hydrogen-bond donors (Lipinski definition) is 2. The van der Waals surface area contributed by atoms with Gasteiger partial charge in [0.2, 0.25) is 0 Å². The van der Waals surface area contributed by atoms with Crippen molar-refractivity contribution in [2.24, 2.45) is 7.05 Å². The van der Waals surface area contributed by atoms with E-state index in [1.807, 2.05) is 0 Å². The number of aliphatic hydroxyl groups is 1. The Morgan fingerprint density at radius 1 is 1.27 bits per heavy atom. The Hall–Kier alpha value is -3.79. The molecule has 4 aromatic rings. The van der Waals surface area contributed by atoms with Gasteiger partial charge in [-0.3, -0.25) is 18.4 Å². The molecule has 1 amide bonds. The van der Waals surface area contributed by atoms with Crippen molar-refractivity contribution >= 4 is 11.6 Å². The molecule has 2 atom stereocenters.